The van der Waals surface area contributed by atoms with Crippen molar-refractivity contribution in [3.05, 3.63) is 40.9 Å². The molecule has 1 aromatic heterocycles. The van der Waals surface area contributed by atoms with Gasteiger partial charge in [-0.1, -0.05) is 16.8 Å². The molecule has 0 radical (unpaired) electrons. The summed E-state index contributed by atoms with van der Waals surface area (Å²) >= 11 is 5.65. The van der Waals surface area contributed by atoms with E-state index in [1.807, 2.05) is 0 Å². The number of aromatic nitrogens is 1. The summed E-state index contributed by atoms with van der Waals surface area (Å²) in [5.74, 6) is -0.125. The smallest absolute Gasteiger partial charge is 0.165 e. The second-order valence-corrected chi connectivity index (χ2v) is 3.83. The second kappa shape index (κ2) is 4.23. The van der Waals surface area contributed by atoms with Crippen LogP contribution in [0.15, 0.2) is 28.8 Å². The first-order valence-corrected chi connectivity index (χ1v) is 5.06. The van der Waals surface area contributed by atoms with Gasteiger partial charge in [0.15, 0.2) is 5.76 Å². The molecule has 0 saturated heterocycles. The van der Waals surface area contributed by atoms with Gasteiger partial charge in [-0.3, -0.25) is 0 Å². The zero-order valence-electron chi connectivity index (χ0n) is 8.45. The molecule has 84 valence electrons. The number of aliphatic hydroxyl groups is 1. The Morgan fingerprint density at radius 2 is 2.19 bits per heavy atom. The molecule has 0 aliphatic rings. The standard InChI is InChI=1S/C11H9ClFNO2/c1-6(15)11-5-10(14-16-11)7-2-3-9(13)8(12)4-7/h2-6,15H,1H3. The Hall–Kier alpha value is -1.39. The van der Waals surface area contributed by atoms with Gasteiger partial charge in [0.2, 0.25) is 0 Å². The Morgan fingerprint density at radius 3 is 2.75 bits per heavy atom. The van der Waals surface area contributed by atoms with Gasteiger partial charge in [-0.25, -0.2) is 4.39 Å². The number of nitrogens with zero attached hydrogens (tertiary/aromatic N) is 1. The quantitative estimate of drug-likeness (QED) is 0.878. The maximum absolute atomic E-state index is 12.9. The Labute approximate surface area is 96.4 Å². The Bertz CT molecular complexity index is 510. The van der Waals surface area contributed by atoms with E-state index in [1.54, 1.807) is 19.1 Å². The van der Waals surface area contributed by atoms with E-state index in [1.165, 1.54) is 12.1 Å². The third kappa shape index (κ3) is 2.08. The van der Waals surface area contributed by atoms with Crippen molar-refractivity contribution < 1.29 is 14.0 Å². The highest BCUT2D eigenvalue weighted by molar-refractivity contribution is 6.31. The molecule has 0 bridgehead atoms. The molecule has 0 spiro atoms. The number of benzene rings is 1. The molecule has 1 N–H and O–H groups in total. The van der Waals surface area contributed by atoms with E-state index >= 15 is 0 Å². The molecule has 0 amide bonds. The van der Waals surface area contributed by atoms with Gasteiger partial charge in [0, 0.05) is 11.6 Å². The zero-order chi connectivity index (χ0) is 11.7. The predicted molar refractivity (Wildman–Crippen MR) is 57.5 cm³/mol. The van der Waals surface area contributed by atoms with Crippen molar-refractivity contribution in [1.82, 2.24) is 5.16 Å². The molecular weight excluding hydrogens is 233 g/mol. The van der Waals surface area contributed by atoms with E-state index in [4.69, 9.17) is 16.1 Å². The molecular formula is C11H9ClFNO2. The monoisotopic (exact) mass is 241 g/mol. The SMILES string of the molecule is CC(O)c1cc(-c2ccc(F)c(Cl)c2)no1. The van der Waals surface area contributed by atoms with E-state index in [-0.39, 0.29) is 5.02 Å². The lowest BCUT2D eigenvalue weighted by Crippen LogP contribution is -1.85. The summed E-state index contributed by atoms with van der Waals surface area (Å²) in [6.45, 7) is 1.57. The van der Waals surface area contributed by atoms with Gasteiger partial charge < -0.3 is 9.63 Å². The minimum atomic E-state index is -0.725. The summed E-state index contributed by atoms with van der Waals surface area (Å²) < 4.78 is 17.8. The zero-order valence-corrected chi connectivity index (χ0v) is 9.20. The number of rotatable bonds is 2. The molecule has 0 fully saturated rings. The molecule has 0 aliphatic carbocycles. The average Bonchev–Trinajstić information content (AvgIpc) is 2.71. The number of halogens is 2. The summed E-state index contributed by atoms with van der Waals surface area (Å²) in [6.07, 6.45) is -0.725. The van der Waals surface area contributed by atoms with Crippen LogP contribution in [0.1, 0.15) is 18.8 Å². The second-order valence-electron chi connectivity index (χ2n) is 3.42. The lowest BCUT2D eigenvalue weighted by Gasteiger charge is -1.97. The van der Waals surface area contributed by atoms with Gasteiger partial charge in [-0.05, 0) is 25.1 Å². The lowest BCUT2D eigenvalue weighted by atomic mass is 10.1. The fourth-order valence-electron chi connectivity index (χ4n) is 1.28. The van der Waals surface area contributed by atoms with Crippen LogP contribution in [-0.4, -0.2) is 10.3 Å². The van der Waals surface area contributed by atoms with Gasteiger partial charge in [0.25, 0.3) is 0 Å². The number of hydrogen-bond acceptors (Lipinski definition) is 3. The molecule has 5 heteroatoms. The van der Waals surface area contributed by atoms with Crippen LogP contribution in [0.3, 0.4) is 0 Å². The highest BCUT2D eigenvalue weighted by Crippen LogP contribution is 2.26. The fourth-order valence-corrected chi connectivity index (χ4v) is 1.46. The summed E-state index contributed by atoms with van der Waals surface area (Å²) in [4.78, 5) is 0. The first-order valence-electron chi connectivity index (χ1n) is 4.68. The van der Waals surface area contributed by atoms with Crippen LogP contribution in [0.4, 0.5) is 4.39 Å². The van der Waals surface area contributed by atoms with Crippen molar-refractivity contribution in [1.29, 1.82) is 0 Å². The summed E-state index contributed by atoms with van der Waals surface area (Å²) in [7, 11) is 0. The van der Waals surface area contributed by atoms with Crippen LogP contribution in [0.2, 0.25) is 5.02 Å². The molecule has 16 heavy (non-hydrogen) atoms. The minimum Gasteiger partial charge on any atom is -0.385 e. The molecule has 0 saturated carbocycles. The molecule has 1 aromatic carbocycles. The van der Waals surface area contributed by atoms with Crippen molar-refractivity contribution in [3.8, 4) is 11.3 Å². The summed E-state index contributed by atoms with van der Waals surface area (Å²) in [5.41, 5.74) is 1.15. The Morgan fingerprint density at radius 1 is 1.44 bits per heavy atom. The van der Waals surface area contributed by atoms with Crippen LogP contribution in [0.25, 0.3) is 11.3 Å². The maximum atomic E-state index is 12.9. The minimum absolute atomic E-state index is 0.0269. The van der Waals surface area contributed by atoms with Crippen LogP contribution in [-0.2, 0) is 0 Å². The number of aliphatic hydroxyl groups excluding tert-OH is 1. The van der Waals surface area contributed by atoms with E-state index in [0.29, 0.717) is 17.0 Å². The summed E-state index contributed by atoms with van der Waals surface area (Å²) in [5, 5.41) is 13.1. The predicted octanol–water partition coefficient (Wildman–Crippen LogP) is 3.19. The van der Waals surface area contributed by atoms with Gasteiger partial charge in [-0.2, -0.15) is 0 Å². The topological polar surface area (TPSA) is 46.3 Å². The van der Waals surface area contributed by atoms with E-state index < -0.39 is 11.9 Å². The maximum Gasteiger partial charge on any atom is 0.165 e. The van der Waals surface area contributed by atoms with Crippen LogP contribution >= 0.6 is 11.6 Å². The van der Waals surface area contributed by atoms with Crippen molar-refractivity contribution in [3.63, 3.8) is 0 Å². The molecule has 3 nitrogen and oxygen atoms in total. The van der Waals surface area contributed by atoms with Crippen molar-refractivity contribution in [2.75, 3.05) is 0 Å². The summed E-state index contributed by atoms with van der Waals surface area (Å²) in [6, 6.07) is 5.86. The first kappa shape index (κ1) is 11.1. The van der Waals surface area contributed by atoms with E-state index in [0.717, 1.165) is 0 Å². The molecule has 1 atom stereocenters. The Kier molecular flexibility index (Phi) is 2.94. The van der Waals surface area contributed by atoms with E-state index in [2.05, 4.69) is 5.16 Å². The van der Waals surface area contributed by atoms with Gasteiger partial charge in [0.05, 0.1) is 5.02 Å². The lowest BCUT2D eigenvalue weighted by molar-refractivity contribution is 0.158. The molecule has 1 heterocycles. The molecule has 2 rings (SSSR count). The largest absolute Gasteiger partial charge is 0.385 e. The van der Waals surface area contributed by atoms with Gasteiger partial charge in [0.1, 0.15) is 17.6 Å². The van der Waals surface area contributed by atoms with Crippen molar-refractivity contribution in [2.24, 2.45) is 0 Å². The van der Waals surface area contributed by atoms with Crippen molar-refractivity contribution in [2.45, 2.75) is 13.0 Å². The van der Waals surface area contributed by atoms with Crippen molar-refractivity contribution >= 4 is 11.6 Å². The Balaban J connectivity index is 2.39. The third-order valence-corrected chi connectivity index (χ3v) is 2.45. The van der Waals surface area contributed by atoms with Crippen LogP contribution in [0, 0.1) is 5.82 Å². The highest BCUT2D eigenvalue weighted by Gasteiger charge is 2.11. The highest BCUT2D eigenvalue weighted by atomic mass is 35.5. The third-order valence-electron chi connectivity index (χ3n) is 2.16. The molecule has 1 unspecified atom stereocenters. The normalized spacial score (nSPS) is 12.8. The molecule has 0 aliphatic heterocycles. The first-order chi connectivity index (χ1) is 7.58. The van der Waals surface area contributed by atoms with Crippen LogP contribution in [0.5, 0.6) is 0 Å². The van der Waals surface area contributed by atoms with Crippen LogP contribution < -0.4 is 0 Å². The average molecular weight is 242 g/mol. The van der Waals surface area contributed by atoms with Gasteiger partial charge in [-0.15, -0.1) is 0 Å². The number of hydrogen-bond donors (Lipinski definition) is 1. The van der Waals surface area contributed by atoms with E-state index in [9.17, 15) is 9.50 Å². The van der Waals surface area contributed by atoms with Gasteiger partial charge >= 0.3 is 0 Å². The fraction of sp³-hybridized carbons (Fsp3) is 0.182. The molecule has 2 aromatic rings.